The molecule has 0 amide bonds. The van der Waals surface area contributed by atoms with Crippen molar-refractivity contribution < 1.29 is 9.53 Å². The van der Waals surface area contributed by atoms with E-state index >= 15 is 0 Å². The van der Waals surface area contributed by atoms with E-state index < -0.39 is 5.60 Å². The van der Waals surface area contributed by atoms with E-state index in [4.69, 9.17) is 4.74 Å². The summed E-state index contributed by atoms with van der Waals surface area (Å²) in [7, 11) is 0. The van der Waals surface area contributed by atoms with Crippen LogP contribution < -0.4 is 0 Å². The van der Waals surface area contributed by atoms with Gasteiger partial charge in [0.25, 0.3) is 0 Å². The highest BCUT2D eigenvalue weighted by atomic mass is 16.5. The van der Waals surface area contributed by atoms with Crippen LogP contribution >= 0.6 is 0 Å². The lowest BCUT2D eigenvalue weighted by molar-refractivity contribution is -0.134. The minimum absolute atomic E-state index is 0.118. The zero-order valence-electron chi connectivity index (χ0n) is 7.01. The Bertz CT molecular complexity index is 257. The zero-order valence-corrected chi connectivity index (χ0v) is 7.01. The second-order valence-electron chi connectivity index (χ2n) is 3.47. The molecule has 64 valence electrons. The number of carbonyl (C=O) groups excluding carboxylic acids is 1. The Morgan fingerprint density at radius 2 is 2.00 bits per heavy atom. The fourth-order valence-corrected chi connectivity index (χ4v) is 1.95. The van der Waals surface area contributed by atoms with Crippen molar-refractivity contribution in [3.05, 3.63) is 24.5 Å². The van der Waals surface area contributed by atoms with Crippen molar-refractivity contribution in [1.29, 1.82) is 0 Å². The molecule has 1 fully saturated rings. The number of hydrogen-bond acceptors (Lipinski definition) is 2. The van der Waals surface area contributed by atoms with E-state index in [-0.39, 0.29) is 5.78 Å². The van der Waals surface area contributed by atoms with Gasteiger partial charge in [-0.2, -0.15) is 0 Å². The number of carbonyl (C=O) groups is 1. The summed E-state index contributed by atoms with van der Waals surface area (Å²) in [5.74, 6) is 0.740. The molecule has 2 rings (SSSR count). The lowest BCUT2D eigenvalue weighted by Gasteiger charge is -2.30. The SMILES string of the molecule is C=C1C=CC(=O)C2(CCCC2)O1. The van der Waals surface area contributed by atoms with Gasteiger partial charge in [0.2, 0.25) is 0 Å². The fraction of sp³-hybridized carbons (Fsp3) is 0.500. The molecule has 0 bridgehead atoms. The first-order valence-electron chi connectivity index (χ1n) is 4.33. The molecule has 1 spiro atoms. The van der Waals surface area contributed by atoms with E-state index in [1.807, 2.05) is 0 Å². The molecule has 0 aromatic carbocycles. The van der Waals surface area contributed by atoms with E-state index in [0.717, 1.165) is 25.7 Å². The van der Waals surface area contributed by atoms with Crippen LogP contribution in [0.5, 0.6) is 0 Å². The molecule has 0 radical (unpaired) electrons. The van der Waals surface area contributed by atoms with Crippen molar-refractivity contribution in [3.8, 4) is 0 Å². The molecular formula is C10H12O2. The quantitative estimate of drug-likeness (QED) is 0.547. The van der Waals surface area contributed by atoms with Crippen LogP contribution in [0.4, 0.5) is 0 Å². The summed E-state index contributed by atoms with van der Waals surface area (Å²) in [6.45, 7) is 3.71. The first-order chi connectivity index (χ1) is 5.73. The first-order valence-corrected chi connectivity index (χ1v) is 4.33. The van der Waals surface area contributed by atoms with Crippen molar-refractivity contribution in [1.82, 2.24) is 0 Å². The van der Waals surface area contributed by atoms with Gasteiger partial charge in [0, 0.05) is 0 Å². The van der Waals surface area contributed by atoms with Crippen LogP contribution in [0.25, 0.3) is 0 Å². The highest BCUT2D eigenvalue weighted by molar-refractivity contribution is 5.98. The highest BCUT2D eigenvalue weighted by Gasteiger charge is 2.43. The van der Waals surface area contributed by atoms with Crippen molar-refractivity contribution >= 4 is 5.78 Å². The van der Waals surface area contributed by atoms with Crippen molar-refractivity contribution in [2.45, 2.75) is 31.3 Å². The van der Waals surface area contributed by atoms with Gasteiger partial charge in [-0.25, -0.2) is 0 Å². The molecule has 2 heteroatoms. The number of allylic oxidation sites excluding steroid dienone is 1. The molecule has 2 nitrogen and oxygen atoms in total. The molecule has 0 N–H and O–H groups in total. The van der Waals surface area contributed by atoms with E-state index in [9.17, 15) is 4.79 Å². The lowest BCUT2D eigenvalue weighted by Crippen LogP contribution is -2.39. The predicted octanol–water partition coefficient (Wildman–Crippen LogP) is 1.97. The molecule has 1 heterocycles. The number of rotatable bonds is 0. The average Bonchev–Trinajstić information content (AvgIpc) is 2.48. The Labute approximate surface area is 71.9 Å². The van der Waals surface area contributed by atoms with Crippen LogP contribution in [-0.2, 0) is 9.53 Å². The standard InChI is InChI=1S/C10H12O2/c1-8-4-5-9(11)10(12-8)6-2-3-7-10/h4-5H,1-3,6-7H2. The third kappa shape index (κ3) is 0.986. The maximum absolute atomic E-state index is 11.5. The van der Waals surface area contributed by atoms with Gasteiger partial charge >= 0.3 is 0 Å². The second kappa shape index (κ2) is 2.47. The summed E-state index contributed by atoms with van der Waals surface area (Å²) in [6, 6.07) is 0. The number of ketones is 1. The minimum Gasteiger partial charge on any atom is -0.480 e. The Balaban J connectivity index is 2.30. The monoisotopic (exact) mass is 164 g/mol. The van der Waals surface area contributed by atoms with Gasteiger partial charge in [-0.3, -0.25) is 4.79 Å². The van der Waals surface area contributed by atoms with Gasteiger partial charge < -0.3 is 4.74 Å². The van der Waals surface area contributed by atoms with Crippen LogP contribution in [0.3, 0.4) is 0 Å². The fourth-order valence-electron chi connectivity index (χ4n) is 1.95. The van der Waals surface area contributed by atoms with Gasteiger partial charge in [0.1, 0.15) is 5.76 Å². The van der Waals surface area contributed by atoms with Crippen LogP contribution in [0.1, 0.15) is 25.7 Å². The largest absolute Gasteiger partial charge is 0.480 e. The zero-order chi connectivity index (χ0) is 8.60. The van der Waals surface area contributed by atoms with Crippen LogP contribution in [0.2, 0.25) is 0 Å². The molecular weight excluding hydrogens is 152 g/mol. The van der Waals surface area contributed by atoms with Crippen LogP contribution in [0.15, 0.2) is 24.5 Å². The molecule has 0 aromatic heterocycles. The second-order valence-corrected chi connectivity index (χ2v) is 3.47. The summed E-state index contributed by atoms with van der Waals surface area (Å²) in [6.07, 6.45) is 7.13. The van der Waals surface area contributed by atoms with Crippen LogP contribution in [-0.4, -0.2) is 11.4 Å². The smallest absolute Gasteiger partial charge is 0.199 e. The molecule has 12 heavy (non-hydrogen) atoms. The van der Waals surface area contributed by atoms with E-state index in [1.54, 1.807) is 12.2 Å². The summed E-state index contributed by atoms with van der Waals surface area (Å²) in [5.41, 5.74) is -0.522. The maximum atomic E-state index is 11.5. The topological polar surface area (TPSA) is 26.3 Å². The molecule has 0 atom stereocenters. The summed E-state index contributed by atoms with van der Waals surface area (Å²) >= 11 is 0. The summed E-state index contributed by atoms with van der Waals surface area (Å²) < 4.78 is 5.52. The maximum Gasteiger partial charge on any atom is 0.199 e. The first kappa shape index (κ1) is 7.59. The lowest BCUT2D eigenvalue weighted by atomic mass is 9.94. The van der Waals surface area contributed by atoms with E-state index in [2.05, 4.69) is 6.58 Å². The summed E-state index contributed by atoms with van der Waals surface area (Å²) in [5, 5.41) is 0. The van der Waals surface area contributed by atoms with Crippen molar-refractivity contribution in [2.24, 2.45) is 0 Å². The van der Waals surface area contributed by atoms with Gasteiger partial charge in [-0.1, -0.05) is 6.58 Å². The van der Waals surface area contributed by atoms with Gasteiger partial charge in [-0.15, -0.1) is 0 Å². The molecule has 1 aliphatic heterocycles. The molecule has 1 aliphatic carbocycles. The van der Waals surface area contributed by atoms with Gasteiger partial charge in [0.15, 0.2) is 11.4 Å². The highest BCUT2D eigenvalue weighted by Crippen LogP contribution is 2.38. The van der Waals surface area contributed by atoms with Crippen molar-refractivity contribution in [2.75, 3.05) is 0 Å². The van der Waals surface area contributed by atoms with Gasteiger partial charge in [0.05, 0.1) is 0 Å². The third-order valence-corrected chi connectivity index (χ3v) is 2.61. The Kier molecular flexibility index (Phi) is 1.56. The molecule has 1 saturated carbocycles. The number of ether oxygens (including phenoxy) is 1. The Hall–Kier alpha value is -1.05. The summed E-state index contributed by atoms with van der Waals surface area (Å²) in [4.78, 5) is 11.5. The van der Waals surface area contributed by atoms with Crippen LogP contribution in [0, 0.1) is 0 Å². The van der Waals surface area contributed by atoms with E-state index in [1.165, 1.54) is 0 Å². The molecule has 0 aromatic rings. The number of hydrogen-bond donors (Lipinski definition) is 0. The predicted molar refractivity (Wildman–Crippen MR) is 45.6 cm³/mol. The Morgan fingerprint density at radius 3 is 2.67 bits per heavy atom. The molecule has 2 aliphatic rings. The van der Waals surface area contributed by atoms with Crippen molar-refractivity contribution in [3.63, 3.8) is 0 Å². The minimum atomic E-state index is -0.522. The molecule has 0 unspecified atom stereocenters. The normalized spacial score (nSPS) is 26.3. The average molecular weight is 164 g/mol. The van der Waals surface area contributed by atoms with Gasteiger partial charge in [-0.05, 0) is 37.8 Å². The Morgan fingerprint density at radius 1 is 1.33 bits per heavy atom. The third-order valence-electron chi connectivity index (χ3n) is 2.61. The molecule has 0 saturated heterocycles. The van der Waals surface area contributed by atoms with E-state index in [0.29, 0.717) is 5.76 Å².